The second kappa shape index (κ2) is 10.8. The lowest BCUT2D eigenvalue weighted by atomic mass is 10.2. The molecule has 0 aromatic heterocycles. The summed E-state index contributed by atoms with van der Waals surface area (Å²) >= 11 is 11.4. The maximum Gasteiger partial charge on any atom is 0.0424 e. The molecule has 0 spiro atoms. The standard InChI is InChI=1S/C7H7Cl2N.2C2H6/c8-6-1-5(4-10)2-7(9)3-6;2*1-2/h1-3H,4,10H2;2*1-2H3. The number of nitrogens with two attached hydrogens (primary N) is 1. The lowest BCUT2D eigenvalue weighted by molar-refractivity contribution is 1.07. The summed E-state index contributed by atoms with van der Waals surface area (Å²) in [5.41, 5.74) is 6.33. The SMILES string of the molecule is CC.CC.NCc1cc(Cl)cc(Cl)c1. The predicted octanol–water partition coefficient (Wildman–Crippen LogP) is 4.50. The van der Waals surface area contributed by atoms with Gasteiger partial charge in [0.15, 0.2) is 0 Å². The average molecular weight is 236 g/mol. The lowest BCUT2D eigenvalue weighted by Crippen LogP contribution is -1.95. The fourth-order valence-electron chi connectivity index (χ4n) is 0.729. The first-order chi connectivity index (χ1) is 6.72. The van der Waals surface area contributed by atoms with Crippen molar-refractivity contribution in [1.82, 2.24) is 0 Å². The van der Waals surface area contributed by atoms with Gasteiger partial charge in [0.25, 0.3) is 0 Å². The molecule has 2 N–H and O–H groups in total. The van der Waals surface area contributed by atoms with E-state index in [1.165, 1.54) is 0 Å². The molecule has 0 amide bonds. The van der Waals surface area contributed by atoms with E-state index in [2.05, 4.69) is 0 Å². The molecule has 0 aliphatic rings. The van der Waals surface area contributed by atoms with E-state index in [0.717, 1.165) is 5.56 Å². The predicted molar refractivity (Wildman–Crippen MR) is 67.0 cm³/mol. The number of hydrogen-bond donors (Lipinski definition) is 1. The van der Waals surface area contributed by atoms with Gasteiger partial charge in [-0.3, -0.25) is 0 Å². The second-order valence-electron chi connectivity index (χ2n) is 1.98. The van der Waals surface area contributed by atoms with Gasteiger partial charge in [-0.2, -0.15) is 0 Å². The van der Waals surface area contributed by atoms with Gasteiger partial charge in [-0.15, -0.1) is 0 Å². The van der Waals surface area contributed by atoms with Crippen molar-refractivity contribution in [2.45, 2.75) is 34.2 Å². The summed E-state index contributed by atoms with van der Waals surface area (Å²) < 4.78 is 0. The number of halogens is 2. The van der Waals surface area contributed by atoms with Crippen molar-refractivity contribution in [3.05, 3.63) is 33.8 Å². The topological polar surface area (TPSA) is 26.0 Å². The normalized spacial score (nSPS) is 7.93. The van der Waals surface area contributed by atoms with E-state index in [0.29, 0.717) is 16.6 Å². The monoisotopic (exact) mass is 235 g/mol. The lowest BCUT2D eigenvalue weighted by Gasteiger charge is -1.97. The summed E-state index contributed by atoms with van der Waals surface area (Å²) in [6, 6.07) is 5.28. The highest BCUT2D eigenvalue weighted by atomic mass is 35.5. The van der Waals surface area contributed by atoms with Crippen molar-refractivity contribution in [3.63, 3.8) is 0 Å². The Morgan fingerprint density at radius 2 is 1.29 bits per heavy atom. The zero-order chi connectivity index (χ0) is 11.6. The molecule has 0 radical (unpaired) electrons. The molecular formula is C11H19Cl2N. The molecule has 1 aromatic rings. The van der Waals surface area contributed by atoms with Gasteiger partial charge >= 0.3 is 0 Å². The summed E-state index contributed by atoms with van der Waals surface area (Å²) in [4.78, 5) is 0. The summed E-state index contributed by atoms with van der Waals surface area (Å²) in [7, 11) is 0. The van der Waals surface area contributed by atoms with Crippen LogP contribution in [0.2, 0.25) is 10.0 Å². The van der Waals surface area contributed by atoms with Crippen LogP contribution in [-0.2, 0) is 6.54 Å². The Kier molecular flexibility index (Phi) is 12.5. The summed E-state index contributed by atoms with van der Waals surface area (Å²) in [5, 5.41) is 1.26. The number of rotatable bonds is 1. The highest BCUT2D eigenvalue weighted by molar-refractivity contribution is 6.34. The quantitative estimate of drug-likeness (QED) is 0.763. The molecule has 0 saturated heterocycles. The molecule has 0 atom stereocenters. The fourth-order valence-corrected chi connectivity index (χ4v) is 1.30. The molecular weight excluding hydrogens is 217 g/mol. The van der Waals surface area contributed by atoms with E-state index in [1.807, 2.05) is 27.7 Å². The van der Waals surface area contributed by atoms with Gasteiger partial charge in [0.1, 0.15) is 0 Å². The van der Waals surface area contributed by atoms with E-state index in [1.54, 1.807) is 18.2 Å². The molecule has 3 heteroatoms. The second-order valence-corrected chi connectivity index (χ2v) is 2.85. The minimum atomic E-state index is 0.472. The van der Waals surface area contributed by atoms with E-state index in [9.17, 15) is 0 Å². The average Bonchev–Trinajstić information content (AvgIpc) is 2.22. The van der Waals surface area contributed by atoms with Crippen LogP contribution in [0.3, 0.4) is 0 Å². The van der Waals surface area contributed by atoms with Gasteiger partial charge in [0.05, 0.1) is 0 Å². The molecule has 0 unspecified atom stereocenters. The van der Waals surface area contributed by atoms with Crippen molar-refractivity contribution >= 4 is 23.2 Å². The summed E-state index contributed by atoms with van der Waals surface area (Å²) in [6.45, 7) is 8.47. The van der Waals surface area contributed by atoms with Gasteiger partial charge in [0, 0.05) is 16.6 Å². The Balaban J connectivity index is 0. The van der Waals surface area contributed by atoms with Crippen LogP contribution >= 0.6 is 23.2 Å². The van der Waals surface area contributed by atoms with Crippen molar-refractivity contribution < 1.29 is 0 Å². The van der Waals surface area contributed by atoms with E-state index in [-0.39, 0.29) is 0 Å². The zero-order valence-corrected chi connectivity index (χ0v) is 10.8. The summed E-state index contributed by atoms with van der Waals surface area (Å²) in [6.07, 6.45) is 0. The van der Waals surface area contributed by atoms with Gasteiger partial charge in [-0.25, -0.2) is 0 Å². The first-order valence-electron chi connectivity index (χ1n) is 4.87. The van der Waals surface area contributed by atoms with E-state index in [4.69, 9.17) is 28.9 Å². The van der Waals surface area contributed by atoms with E-state index >= 15 is 0 Å². The minimum Gasteiger partial charge on any atom is -0.326 e. The molecule has 0 bridgehead atoms. The Labute approximate surface area is 97.2 Å². The number of hydrogen-bond acceptors (Lipinski definition) is 1. The molecule has 0 aliphatic heterocycles. The third kappa shape index (κ3) is 7.19. The third-order valence-corrected chi connectivity index (χ3v) is 1.59. The van der Waals surface area contributed by atoms with Crippen LogP contribution in [0.25, 0.3) is 0 Å². The minimum absolute atomic E-state index is 0.472. The number of benzene rings is 1. The molecule has 0 aliphatic carbocycles. The van der Waals surface area contributed by atoms with Crippen molar-refractivity contribution in [2.24, 2.45) is 5.73 Å². The van der Waals surface area contributed by atoms with Gasteiger partial charge in [-0.1, -0.05) is 50.9 Å². The molecule has 82 valence electrons. The maximum absolute atomic E-state index is 5.69. The van der Waals surface area contributed by atoms with Crippen molar-refractivity contribution in [3.8, 4) is 0 Å². The Bertz CT molecular complexity index is 216. The largest absolute Gasteiger partial charge is 0.326 e. The molecule has 14 heavy (non-hydrogen) atoms. The first-order valence-corrected chi connectivity index (χ1v) is 5.63. The Morgan fingerprint density at radius 3 is 1.57 bits per heavy atom. The molecule has 1 rings (SSSR count). The third-order valence-electron chi connectivity index (χ3n) is 1.16. The van der Waals surface area contributed by atoms with Gasteiger partial charge in [0.2, 0.25) is 0 Å². The first kappa shape index (κ1) is 16.2. The van der Waals surface area contributed by atoms with Crippen molar-refractivity contribution in [2.75, 3.05) is 0 Å². The van der Waals surface area contributed by atoms with Crippen molar-refractivity contribution in [1.29, 1.82) is 0 Å². The van der Waals surface area contributed by atoms with E-state index < -0.39 is 0 Å². The molecule has 0 fully saturated rings. The van der Waals surface area contributed by atoms with Crippen LogP contribution in [-0.4, -0.2) is 0 Å². The van der Waals surface area contributed by atoms with Crippen LogP contribution in [0, 0.1) is 0 Å². The maximum atomic E-state index is 5.69. The molecule has 1 aromatic carbocycles. The van der Waals surface area contributed by atoms with Crippen LogP contribution < -0.4 is 5.73 Å². The van der Waals surface area contributed by atoms with Crippen LogP contribution in [0.1, 0.15) is 33.3 Å². The Hall–Kier alpha value is -0.240. The Morgan fingerprint density at radius 1 is 0.929 bits per heavy atom. The molecule has 0 saturated carbocycles. The van der Waals surface area contributed by atoms with Crippen LogP contribution in [0.5, 0.6) is 0 Å². The van der Waals surface area contributed by atoms with Crippen LogP contribution in [0.15, 0.2) is 18.2 Å². The molecule has 0 heterocycles. The summed E-state index contributed by atoms with van der Waals surface area (Å²) in [5.74, 6) is 0. The van der Waals surface area contributed by atoms with Gasteiger partial charge < -0.3 is 5.73 Å². The smallest absolute Gasteiger partial charge is 0.0424 e. The highest BCUT2D eigenvalue weighted by Gasteiger charge is 1.94. The van der Waals surface area contributed by atoms with Crippen LogP contribution in [0.4, 0.5) is 0 Å². The van der Waals surface area contributed by atoms with Gasteiger partial charge in [-0.05, 0) is 23.8 Å². The molecule has 1 nitrogen and oxygen atoms in total. The highest BCUT2D eigenvalue weighted by Crippen LogP contribution is 2.18. The zero-order valence-electron chi connectivity index (χ0n) is 9.27. The fraction of sp³-hybridized carbons (Fsp3) is 0.455.